The third-order valence-corrected chi connectivity index (χ3v) is 4.53. The largest absolute Gasteiger partial charge is 0.416 e. The van der Waals surface area contributed by atoms with Gasteiger partial charge in [-0.2, -0.15) is 26.3 Å². The highest BCUT2D eigenvalue weighted by Crippen LogP contribution is 2.37. The van der Waals surface area contributed by atoms with E-state index in [0.717, 1.165) is 4.68 Å². The Hall–Kier alpha value is -3.71. The second-order valence-electron chi connectivity index (χ2n) is 6.92. The summed E-state index contributed by atoms with van der Waals surface area (Å²) in [7, 11) is 0. The molecule has 0 saturated carbocycles. The van der Waals surface area contributed by atoms with E-state index in [1.807, 2.05) is 0 Å². The van der Waals surface area contributed by atoms with Crippen LogP contribution in [0.4, 0.5) is 32.0 Å². The normalized spacial score (nSPS) is 12.2. The summed E-state index contributed by atoms with van der Waals surface area (Å²) in [4.78, 5) is 23.2. The standard InChI is InChI=1S/C18H13F6N5O3/c1-9-3-11(4-10(2)15(9)29(31)32)8-27-16(30)25-26-28(27)14-6-12(17(19,20)21)5-13(7-14)18(22,23)24/h3-7H,8H2,1-2H3. The number of aryl methyl sites for hydroxylation is 2. The Balaban J connectivity index is 2.14. The van der Waals surface area contributed by atoms with E-state index < -0.39 is 39.8 Å². The number of halogens is 6. The maximum Gasteiger partial charge on any atom is 0.416 e. The number of tetrazole rings is 1. The summed E-state index contributed by atoms with van der Waals surface area (Å²) in [5.41, 5.74) is -4.19. The van der Waals surface area contributed by atoms with Crippen LogP contribution in [0.5, 0.6) is 0 Å². The summed E-state index contributed by atoms with van der Waals surface area (Å²) in [5, 5.41) is 17.7. The molecule has 8 nitrogen and oxygen atoms in total. The van der Waals surface area contributed by atoms with Gasteiger partial charge in [-0.1, -0.05) is 5.10 Å². The molecule has 0 radical (unpaired) electrons. The minimum Gasteiger partial charge on any atom is -0.258 e. The maximum absolute atomic E-state index is 13.2. The molecule has 0 N–H and O–H groups in total. The van der Waals surface area contributed by atoms with Crippen molar-refractivity contribution in [2.45, 2.75) is 32.7 Å². The Labute approximate surface area is 174 Å². The molecule has 14 heteroatoms. The van der Waals surface area contributed by atoms with Gasteiger partial charge >= 0.3 is 18.0 Å². The molecule has 3 rings (SSSR count). The van der Waals surface area contributed by atoms with Crippen LogP contribution in [0.1, 0.15) is 27.8 Å². The quantitative estimate of drug-likeness (QED) is 0.332. The second-order valence-corrected chi connectivity index (χ2v) is 6.92. The van der Waals surface area contributed by atoms with Crippen molar-refractivity contribution in [2.75, 3.05) is 0 Å². The van der Waals surface area contributed by atoms with E-state index in [1.165, 1.54) is 26.0 Å². The molecule has 1 heterocycles. The fourth-order valence-corrected chi connectivity index (χ4v) is 3.24. The number of rotatable bonds is 4. The van der Waals surface area contributed by atoms with Crippen LogP contribution in [0.3, 0.4) is 0 Å². The van der Waals surface area contributed by atoms with Gasteiger partial charge in [0, 0.05) is 11.1 Å². The Morgan fingerprint density at radius 1 is 0.938 bits per heavy atom. The first-order valence-electron chi connectivity index (χ1n) is 8.75. The van der Waals surface area contributed by atoms with E-state index in [-0.39, 0.29) is 29.4 Å². The summed E-state index contributed by atoms with van der Waals surface area (Å²) in [6.45, 7) is 2.55. The lowest BCUT2D eigenvalue weighted by Gasteiger charge is -2.15. The predicted molar refractivity (Wildman–Crippen MR) is 97.3 cm³/mol. The van der Waals surface area contributed by atoms with Crippen LogP contribution in [0, 0.1) is 24.0 Å². The number of hydrogen-bond acceptors (Lipinski definition) is 5. The fourth-order valence-electron chi connectivity index (χ4n) is 3.24. The van der Waals surface area contributed by atoms with Crippen molar-refractivity contribution in [1.82, 2.24) is 19.8 Å². The van der Waals surface area contributed by atoms with Crippen molar-refractivity contribution >= 4 is 5.69 Å². The highest BCUT2D eigenvalue weighted by atomic mass is 19.4. The highest BCUT2D eigenvalue weighted by Gasteiger charge is 2.37. The van der Waals surface area contributed by atoms with Crippen LogP contribution < -0.4 is 5.69 Å². The molecular weight excluding hydrogens is 448 g/mol. The zero-order valence-electron chi connectivity index (χ0n) is 16.3. The van der Waals surface area contributed by atoms with E-state index >= 15 is 0 Å². The van der Waals surface area contributed by atoms with Crippen molar-refractivity contribution in [3.63, 3.8) is 0 Å². The molecule has 0 aliphatic carbocycles. The summed E-state index contributed by atoms with van der Waals surface area (Å²) >= 11 is 0. The Morgan fingerprint density at radius 3 is 1.88 bits per heavy atom. The number of benzene rings is 2. The summed E-state index contributed by atoms with van der Waals surface area (Å²) < 4.78 is 79.7. The first-order chi connectivity index (χ1) is 14.7. The van der Waals surface area contributed by atoms with Gasteiger partial charge in [0.15, 0.2) is 0 Å². The Bertz CT molecular complexity index is 1200. The first-order valence-corrected chi connectivity index (χ1v) is 8.75. The van der Waals surface area contributed by atoms with Gasteiger partial charge in [0.25, 0.3) is 5.69 Å². The molecule has 1 aromatic heterocycles. The van der Waals surface area contributed by atoms with Crippen LogP contribution in [0.15, 0.2) is 35.1 Å². The Morgan fingerprint density at radius 2 is 1.44 bits per heavy atom. The van der Waals surface area contributed by atoms with Crippen LogP contribution in [0.25, 0.3) is 5.69 Å². The molecule has 0 fully saturated rings. The van der Waals surface area contributed by atoms with E-state index in [0.29, 0.717) is 22.5 Å². The minimum absolute atomic E-state index is 0.0497. The van der Waals surface area contributed by atoms with Crippen molar-refractivity contribution in [3.8, 4) is 5.69 Å². The average molecular weight is 461 g/mol. The lowest BCUT2D eigenvalue weighted by atomic mass is 10.0. The van der Waals surface area contributed by atoms with Crippen LogP contribution in [0.2, 0.25) is 0 Å². The average Bonchev–Trinajstić information content (AvgIpc) is 2.99. The third-order valence-electron chi connectivity index (χ3n) is 4.53. The van der Waals surface area contributed by atoms with Crippen molar-refractivity contribution in [1.29, 1.82) is 0 Å². The summed E-state index contributed by atoms with van der Waals surface area (Å²) in [6, 6.07) is 3.52. The molecule has 0 unspecified atom stereocenters. The highest BCUT2D eigenvalue weighted by molar-refractivity contribution is 5.49. The molecule has 170 valence electrons. The maximum atomic E-state index is 13.2. The molecule has 3 aromatic rings. The molecule has 0 saturated heterocycles. The van der Waals surface area contributed by atoms with Gasteiger partial charge in [-0.05, 0) is 55.0 Å². The van der Waals surface area contributed by atoms with Crippen molar-refractivity contribution < 1.29 is 31.3 Å². The third kappa shape index (κ3) is 4.48. The Kier molecular flexibility index (Phi) is 5.57. The predicted octanol–water partition coefficient (Wildman–Crippen LogP) is 4.04. The zero-order valence-corrected chi connectivity index (χ0v) is 16.3. The monoisotopic (exact) mass is 461 g/mol. The first kappa shape index (κ1) is 23.0. The molecule has 2 aromatic carbocycles. The zero-order chi connectivity index (χ0) is 24.0. The van der Waals surface area contributed by atoms with Crippen molar-refractivity contribution in [3.05, 3.63) is 78.7 Å². The number of aromatic nitrogens is 4. The van der Waals surface area contributed by atoms with Crippen LogP contribution >= 0.6 is 0 Å². The van der Waals surface area contributed by atoms with Crippen molar-refractivity contribution in [2.24, 2.45) is 0 Å². The van der Waals surface area contributed by atoms with Gasteiger partial charge in [-0.15, -0.1) is 4.80 Å². The number of alkyl halides is 6. The van der Waals surface area contributed by atoms with E-state index in [2.05, 4.69) is 10.3 Å². The molecule has 0 aliphatic rings. The van der Waals surface area contributed by atoms with Gasteiger partial charge in [0.2, 0.25) is 0 Å². The fraction of sp³-hybridized carbons (Fsp3) is 0.278. The minimum atomic E-state index is -5.09. The summed E-state index contributed by atoms with van der Waals surface area (Å²) in [5.74, 6) is 0. The number of nitrogens with zero attached hydrogens (tertiary/aromatic N) is 5. The molecular formula is C18H13F6N5O3. The number of hydrogen-bond donors (Lipinski definition) is 0. The lowest BCUT2D eigenvalue weighted by molar-refractivity contribution is -0.386. The van der Waals surface area contributed by atoms with Crippen LogP contribution in [-0.4, -0.2) is 24.7 Å². The van der Waals surface area contributed by atoms with Gasteiger partial charge in [0.1, 0.15) is 0 Å². The topological polar surface area (TPSA) is 95.8 Å². The number of nitro benzene ring substituents is 1. The molecule has 0 atom stereocenters. The lowest BCUT2D eigenvalue weighted by Crippen LogP contribution is -2.25. The van der Waals surface area contributed by atoms with Gasteiger partial charge in [-0.3, -0.25) is 10.1 Å². The molecule has 0 bridgehead atoms. The van der Waals surface area contributed by atoms with E-state index in [4.69, 9.17) is 0 Å². The summed E-state index contributed by atoms with van der Waals surface area (Å²) in [6.07, 6.45) is -10.2. The van der Waals surface area contributed by atoms with Crippen LogP contribution in [-0.2, 0) is 18.9 Å². The van der Waals surface area contributed by atoms with Gasteiger partial charge in [0.05, 0.1) is 28.3 Å². The smallest absolute Gasteiger partial charge is 0.258 e. The van der Waals surface area contributed by atoms with E-state index in [1.54, 1.807) is 0 Å². The molecule has 0 spiro atoms. The van der Waals surface area contributed by atoms with Gasteiger partial charge < -0.3 is 0 Å². The second kappa shape index (κ2) is 7.76. The molecule has 32 heavy (non-hydrogen) atoms. The SMILES string of the molecule is Cc1cc(Cn2c(=O)nnn2-c2cc(C(F)(F)F)cc(C(F)(F)F)c2)cc(C)c1[N+](=O)[O-]. The number of nitro groups is 1. The van der Waals surface area contributed by atoms with Gasteiger partial charge in [-0.25, -0.2) is 9.48 Å². The van der Waals surface area contributed by atoms with E-state index in [9.17, 15) is 41.3 Å². The molecule has 0 aliphatic heterocycles. The molecule has 0 amide bonds.